The number of nitrogens with one attached hydrogen (secondary N) is 1. The molecule has 0 aromatic heterocycles. The molecule has 1 atom stereocenters. The van der Waals surface area contributed by atoms with E-state index in [0.717, 1.165) is 12.5 Å². The third-order valence-electron chi connectivity index (χ3n) is 2.77. The van der Waals surface area contributed by atoms with Crippen LogP contribution in [0.25, 0.3) is 0 Å². The number of rotatable bonds is 5. The van der Waals surface area contributed by atoms with E-state index in [9.17, 15) is 19.3 Å². The average Bonchev–Trinajstić information content (AvgIpc) is 2.29. The van der Waals surface area contributed by atoms with Gasteiger partial charge in [0, 0.05) is 6.04 Å². The second-order valence-electron chi connectivity index (χ2n) is 5.15. The molecule has 0 fully saturated rings. The zero-order chi connectivity index (χ0) is 15.4. The standard InChI is InChI=1S/C13H18FN3O3/c1-7(2)4-8(3)16-13(18)10-5-9(14)6-11(12(10)15)17(19)20/h5-8H,4,15H2,1-3H3,(H,16,18). The quantitative estimate of drug-likeness (QED) is 0.492. The lowest BCUT2D eigenvalue weighted by Crippen LogP contribution is -2.34. The molecule has 0 saturated heterocycles. The molecular formula is C13H18FN3O3. The molecule has 0 bridgehead atoms. The van der Waals surface area contributed by atoms with Crippen LogP contribution in [0.1, 0.15) is 37.6 Å². The number of nitrogens with zero attached hydrogens (tertiary/aromatic N) is 1. The van der Waals surface area contributed by atoms with Crippen LogP contribution in [0.3, 0.4) is 0 Å². The van der Waals surface area contributed by atoms with Gasteiger partial charge < -0.3 is 11.1 Å². The SMILES string of the molecule is CC(C)CC(C)NC(=O)c1cc(F)cc([N+](=O)[O-])c1N. The number of hydrogen-bond donors (Lipinski definition) is 2. The Morgan fingerprint density at radius 1 is 1.45 bits per heavy atom. The molecule has 1 rings (SSSR count). The van der Waals surface area contributed by atoms with Crippen LogP contribution in [0.2, 0.25) is 0 Å². The van der Waals surface area contributed by atoms with Gasteiger partial charge in [0.1, 0.15) is 11.5 Å². The van der Waals surface area contributed by atoms with E-state index >= 15 is 0 Å². The summed E-state index contributed by atoms with van der Waals surface area (Å²) in [6.45, 7) is 5.82. The van der Waals surface area contributed by atoms with Crippen LogP contribution in [0, 0.1) is 21.8 Å². The molecule has 1 aromatic carbocycles. The van der Waals surface area contributed by atoms with Crippen molar-refractivity contribution in [3.63, 3.8) is 0 Å². The topological polar surface area (TPSA) is 98.3 Å². The maximum atomic E-state index is 13.3. The lowest BCUT2D eigenvalue weighted by atomic mass is 10.0. The predicted octanol–water partition coefficient (Wildman–Crippen LogP) is 2.48. The first-order valence-corrected chi connectivity index (χ1v) is 6.26. The van der Waals surface area contributed by atoms with E-state index < -0.39 is 22.3 Å². The molecule has 1 unspecified atom stereocenters. The van der Waals surface area contributed by atoms with Gasteiger partial charge in [-0.05, 0) is 25.3 Å². The van der Waals surface area contributed by atoms with E-state index in [1.807, 2.05) is 20.8 Å². The number of hydrogen-bond acceptors (Lipinski definition) is 4. The number of carbonyl (C=O) groups is 1. The van der Waals surface area contributed by atoms with Crippen LogP contribution in [-0.4, -0.2) is 16.9 Å². The Morgan fingerprint density at radius 2 is 2.05 bits per heavy atom. The van der Waals surface area contributed by atoms with Gasteiger partial charge in [-0.15, -0.1) is 0 Å². The summed E-state index contributed by atoms with van der Waals surface area (Å²) in [5.41, 5.74) is 4.41. The molecule has 7 heteroatoms. The normalized spacial score (nSPS) is 12.2. The smallest absolute Gasteiger partial charge is 0.295 e. The summed E-state index contributed by atoms with van der Waals surface area (Å²) in [4.78, 5) is 21.9. The fourth-order valence-corrected chi connectivity index (χ4v) is 2.01. The van der Waals surface area contributed by atoms with Crippen LogP contribution in [0.5, 0.6) is 0 Å². The summed E-state index contributed by atoms with van der Waals surface area (Å²) in [6.07, 6.45) is 0.739. The summed E-state index contributed by atoms with van der Waals surface area (Å²) in [6, 6.07) is 1.47. The maximum absolute atomic E-state index is 13.3. The van der Waals surface area contributed by atoms with Gasteiger partial charge in [0.05, 0.1) is 16.6 Å². The van der Waals surface area contributed by atoms with Crippen molar-refractivity contribution in [3.8, 4) is 0 Å². The van der Waals surface area contributed by atoms with Gasteiger partial charge in [0.25, 0.3) is 11.6 Å². The van der Waals surface area contributed by atoms with Crippen molar-refractivity contribution in [2.75, 3.05) is 5.73 Å². The second-order valence-corrected chi connectivity index (χ2v) is 5.15. The summed E-state index contributed by atoms with van der Waals surface area (Å²) >= 11 is 0. The minimum atomic E-state index is -0.868. The fraction of sp³-hybridized carbons (Fsp3) is 0.462. The van der Waals surface area contributed by atoms with Gasteiger partial charge in [0.2, 0.25) is 0 Å². The van der Waals surface area contributed by atoms with Gasteiger partial charge in [-0.2, -0.15) is 0 Å². The minimum Gasteiger partial charge on any atom is -0.393 e. The van der Waals surface area contributed by atoms with Crippen LogP contribution in [-0.2, 0) is 0 Å². The Balaban J connectivity index is 3.01. The van der Waals surface area contributed by atoms with Crippen molar-refractivity contribution < 1.29 is 14.1 Å². The Kier molecular flexibility index (Phi) is 5.01. The van der Waals surface area contributed by atoms with E-state index in [1.165, 1.54) is 0 Å². The van der Waals surface area contributed by atoms with Crippen molar-refractivity contribution in [1.29, 1.82) is 0 Å². The zero-order valence-corrected chi connectivity index (χ0v) is 11.6. The van der Waals surface area contributed by atoms with E-state index in [4.69, 9.17) is 5.73 Å². The number of nitrogens with two attached hydrogens (primary N) is 1. The van der Waals surface area contributed by atoms with Crippen molar-refractivity contribution in [2.24, 2.45) is 5.92 Å². The summed E-state index contributed by atoms with van der Waals surface area (Å²) in [5, 5.41) is 13.4. The fourth-order valence-electron chi connectivity index (χ4n) is 2.01. The molecule has 3 N–H and O–H groups in total. The van der Waals surface area contributed by atoms with Crippen LogP contribution >= 0.6 is 0 Å². The number of benzene rings is 1. The molecule has 110 valence electrons. The summed E-state index contributed by atoms with van der Waals surface area (Å²) < 4.78 is 13.3. The van der Waals surface area contributed by atoms with Gasteiger partial charge in [-0.3, -0.25) is 14.9 Å². The first-order chi connectivity index (χ1) is 9.22. The molecule has 0 spiro atoms. The first-order valence-electron chi connectivity index (χ1n) is 6.26. The van der Waals surface area contributed by atoms with Gasteiger partial charge >= 0.3 is 0 Å². The van der Waals surface area contributed by atoms with Crippen LogP contribution < -0.4 is 11.1 Å². The third kappa shape index (κ3) is 3.91. The summed E-state index contributed by atoms with van der Waals surface area (Å²) in [5.74, 6) is -1.10. The molecule has 0 aliphatic rings. The van der Waals surface area contributed by atoms with E-state index in [0.29, 0.717) is 12.0 Å². The molecule has 0 heterocycles. The Hall–Kier alpha value is -2.18. The minimum absolute atomic E-state index is 0.135. The molecule has 0 aliphatic carbocycles. The number of nitrogen functional groups attached to an aromatic ring is 1. The highest BCUT2D eigenvalue weighted by Crippen LogP contribution is 2.26. The number of nitro benzene ring substituents is 1. The highest BCUT2D eigenvalue weighted by molar-refractivity contribution is 6.01. The molecular weight excluding hydrogens is 265 g/mol. The van der Waals surface area contributed by atoms with Crippen LogP contribution in [0.4, 0.5) is 15.8 Å². The number of anilines is 1. The number of nitro groups is 1. The molecule has 20 heavy (non-hydrogen) atoms. The van der Waals surface area contributed by atoms with Crippen molar-refractivity contribution >= 4 is 17.3 Å². The Bertz CT molecular complexity index is 532. The van der Waals surface area contributed by atoms with Gasteiger partial charge in [0.15, 0.2) is 0 Å². The van der Waals surface area contributed by atoms with Crippen molar-refractivity contribution in [3.05, 3.63) is 33.6 Å². The zero-order valence-electron chi connectivity index (χ0n) is 11.6. The molecule has 0 radical (unpaired) electrons. The molecule has 1 amide bonds. The largest absolute Gasteiger partial charge is 0.393 e. The van der Waals surface area contributed by atoms with Crippen LogP contribution in [0.15, 0.2) is 12.1 Å². The van der Waals surface area contributed by atoms with Crippen molar-refractivity contribution in [2.45, 2.75) is 33.2 Å². The Labute approximate surface area is 116 Å². The first kappa shape index (κ1) is 15.9. The predicted molar refractivity (Wildman–Crippen MR) is 73.9 cm³/mol. The lowest BCUT2D eigenvalue weighted by Gasteiger charge is -2.16. The van der Waals surface area contributed by atoms with E-state index in [-0.39, 0.29) is 17.3 Å². The highest BCUT2D eigenvalue weighted by Gasteiger charge is 2.22. The average molecular weight is 283 g/mol. The molecule has 0 saturated carbocycles. The van der Waals surface area contributed by atoms with Crippen molar-refractivity contribution in [1.82, 2.24) is 5.32 Å². The van der Waals surface area contributed by atoms with Gasteiger partial charge in [-0.25, -0.2) is 4.39 Å². The lowest BCUT2D eigenvalue weighted by molar-refractivity contribution is -0.384. The highest BCUT2D eigenvalue weighted by atomic mass is 19.1. The number of halogens is 1. The molecule has 0 aliphatic heterocycles. The monoisotopic (exact) mass is 283 g/mol. The van der Waals surface area contributed by atoms with Gasteiger partial charge in [-0.1, -0.05) is 13.8 Å². The Morgan fingerprint density at radius 3 is 2.55 bits per heavy atom. The van der Waals surface area contributed by atoms with E-state index in [2.05, 4.69) is 5.32 Å². The molecule has 1 aromatic rings. The third-order valence-corrected chi connectivity index (χ3v) is 2.77. The molecule has 6 nitrogen and oxygen atoms in total. The summed E-state index contributed by atoms with van der Waals surface area (Å²) in [7, 11) is 0. The maximum Gasteiger partial charge on any atom is 0.295 e. The number of carbonyl (C=O) groups excluding carboxylic acids is 1. The number of amides is 1. The van der Waals surface area contributed by atoms with E-state index in [1.54, 1.807) is 0 Å². The second kappa shape index (κ2) is 6.31.